The van der Waals surface area contributed by atoms with Crippen LogP contribution in [0.4, 0.5) is 0 Å². The zero-order valence-electron chi connectivity index (χ0n) is 12.8. The van der Waals surface area contributed by atoms with Gasteiger partial charge in [0.1, 0.15) is 11.3 Å². The fourth-order valence-electron chi connectivity index (χ4n) is 2.27. The molecule has 0 unspecified atom stereocenters. The van der Waals surface area contributed by atoms with Gasteiger partial charge in [-0.15, -0.1) is 0 Å². The molecular weight excluding hydrogens is 302 g/mol. The maximum atomic E-state index is 12.0. The second kappa shape index (κ2) is 7.95. The van der Waals surface area contributed by atoms with E-state index in [0.717, 1.165) is 0 Å². The highest BCUT2D eigenvalue weighted by Crippen LogP contribution is 2.13. The number of amides is 2. The van der Waals surface area contributed by atoms with E-state index in [0.29, 0.717) is 13.2 Å². The van der Waals surface area contributed by atoms with Gasteiger partial charge in [-0.2, -0.15) is 0 Å². The Morgan fingerprint density at radius 3 is 3.00 bits per heavy atom. The van der Waals surface area contributed by atoms with E-state index in [1.807, 2.05) is 0 Å². The fraction of sp³-hybridized carbons (Fsp3) is 0.571. The van der Waals surface area contributed by atoms with Gasteiger partial charge in [-0.1, -0.05) is 0 Å². The van der Waals surface area contributed by atoms with Crippen LogP contribution in [0.25, 0.3) is 0 Å². The Balaban J connectivity index is 1.96. The van der Waals surface area contributed by atoms with Crippen molar-refractivity contribution in [2.24, 2.45) is 5.73 Å². The molecule has 23 heavy (non-hydrogen) atoms. The first-order valence-electron chi connectivity index (χ1n) is 7.36. The standard InChI is InChI=1S/C14H21N5O4/c15-2-1-12(20)19-5-6-23-10-14(22,9-19)8-18-13(21)11-7-16-3-4-17-11/h3-4,7,22H,1-2,5-6,8-10,15H2,(H,18,21)/t14-/m0/s1. The number of carbonyl (C=O) groups excluding carboxylic acids is 2. The number of β-amino-alcohol motifs (C(OH)–C–C–N with tert-alkyl or cyclic N) is 1. The summed E-state index contributed by atoms with van der Waals surface area (Å²) in [7, 11) is 0. The molecule has 1 saturated heterocycles. The zero-order chi connectivity index (χ0) is 16.7. The number of hydrogen-bond acceptors (Lipinski definition) is 7. The van der Waals surface area contributed by atoms with E-state index < -0.39 is 11.5 Å². The molecule has 2 rings (SSSR count). The molecule has 0 saturated carbocycles. The predicted molar refractivity (Wildman–Crippen MR) is 80.4 cm³/mol. The summed E-state index contributed by atoms with van der Waals surface area (Å²) < 4.78 is 5.35. The third kappa shape index (κ3) is 4.95. The van der Waals surface area contributed by atoms with Crippen molar-refractivity contribution in [1.29, 1.82) is 0 Å². The topological polar surface area (TPSA) is 131 Å². The monoisotopic (exact) mass is 323 g/mol. The van der Waals surface area contributed by atoms with Gasteiger partial charge in [0.05, 0.1) is 32.5 Å². The maximum Gasteiger partial charge on any atom is 0.271 e. The number of hydrogen-bond donors (Lipinski definition) is 3. The van der Waals surface area contributed by atoms with Crippen molar-refractivity contribution in [3.05, 3.63) is 24.3 Å². The first-order valence-corrected chi connectivity index (χ1v) is 7.36. The normalized spacial score (nSPS) is 21.6. The number of aromatic nitrogens is 2. The molecule has 1 aromatic rings. The quantitative estimate of drug-likeness (QED) is 0.579. The first kappa shape index (κ1) is 17.3. The van der Waals surface area contributed by atoms with Gasteiger partial charge < -0.3 is 25.8 Å². The lowest BCUT2D eigenvalue weighted by molar-refractivity contribution is -0.133. The lowest BCUT2D eigenvalue weighted by Crippen LogP contribution is -2.53. The molecule has 2 amide bonds. The van der Waals surface area contributed by atoms with E-state index in [9.17, 15) is 14.7 Å². The molecular formula is C14H21N5O4. The highest BCUT2D eigenvalue weighted by atomic mass is 16.5. The number of carbonyl (C=O) groups is 2. The van der Waals surface area contributed by atoms with Crippen molar-refractivity contribution in [3.8, 4) is 0 Å². The predicted octanol–water partition coefficient (Wildman–Crippen LogP) is -1.85. The van der Waals surface area contributed by atoms with Crippen molar-refractivity contribution >= 4 is 11.8 Å². The second-order valence-electron chi connectivity index (χ2n) is 5.40. The summed E-state index contributed by atoms with van der Waals surface area (Å²) in [4.78, 5) is 33.1. The lowest BCUT2D eigenvalue weighted by Gasteiger charge is -2.30. The minimum Gasteiger partial charge on any atom is -0.384 e. The molecule has 1 aliphatic rings. The van der Waals surface area contributed by atoms with Gasteiger partial charge in [0.2, 0.25) is 5.91 Å². The molecule has 0 radical (unpaired) electrons. The molecule has 9 nitrogen and oxygen atoms in total. The van der Waals surface area contributed by atoms with E-state index >= 15 is 0 Å². The average molecular weight is 323 g/mol. The second-order valence-corrected chi connectivity index (χ2v) is 5.40. The molecule has 0 spiro atoms. The van der Waals surface area contributed by atoms with Gasteiger partial charge in [0.15, 0.2) is 0 Å². The number of nitrogens with one attached hydrogen (secondary N) is 1. The van der Waals surface area contributed by atoms with Crippen LogP contribution in [0.1, 0.15) is 16.9 Å². The van der Waals surface area contributed by atoms with E-state index in [1.54, 1.807) is 0 Å². The largest absolute Gasteiger partial charge is 0.384 e. The molecule has 126 valence electrons. The van der Waals surface area contributed by atoms with Crippen molar-refractivity contribution in [2.75, 3.05) is 39.4 Å². The van der Waals surface area contributed by atoms with Gasteiger partial charge in [0.25, 0.3) is 5.91 Å². The number of nitrogens with two attached hydrogens (primary N) is 1. The number of rotatable bonds is 5. The smallest absolute Gasteiger partial charge is 0.271 e. The van der Waals surface area contributed by atoms with Gasteiger partial charge in [-0.25, -0.2) is 4.98 Å². The fourth-order valence-corrected chi connectivity index (χ4v) is 2.27. The van der Waals surface area contributed by atoms with Crippen LogP contribution in [0.5, 0.6) is 0 Å². The Labute approximate surface area is 133 Å². The Kier molecular flexibility index (Phi) is 5.97. The number of ether oxygens (including phenoxy) is 1. The molecule has 1 atom stereocenters. The van der Waals surface area contributed by atoms with E-state index in [1.165, 1.54) is 23.5 Å². The van der Waals surface area contributed by atoms with Crippen LogP contribution in [-0.2, 0) is 9.53 Å². The number of aliphatic hydroxyl groups is 1. The minimum atomic E-state index is -1.36. The van der Waals surface area contributed by atoms with Crippen LogP contribution in [0.3, 0.4) is 0 Å². The molecule has 4 N–H and O–H groups in total. The molecule has 0 aromatic carbocycles. The molecule has 2 heterocycles. The highest BCUT2D eigenvalue weighted by Gasteiger charge is 2.34. The summed E-state index contributed by atoms with van der Waals surface area (Å²) in [5, 5.41) is 13.2. The molecule has 1 aromatic heterocycles. The zero-order valence-corrected chi connectivity index (χ0v) is 12.8. The van der Waals surface area contributed by atoms with Gasteiger partial charge in [0, 0.05) is 31.9 Å². The molecule has 0 bridgehead atoms. The van der Waals surface area contributed by atoms with Crippen molar-refractivity contribution in [2.45, 2.75) is 12.0 Å². The summed E-state index contributed by atoms with van der Waals surface area (Å²) in [6.45, 7) is 1.01. The Bertz CT molecular complexity index is 541. The highest BCUT2D eigenvalue weighted by molar-refractivity contribution is 5.91. The van der Waals surface area contributed by atoms with Crippen molar-refractivity contribution < 1.29 is 19.4 Å². The summed E-state index contributed by atoms with van der Waals surface area (Å²) in [6, 6.07) is 0. The van der Waals surface area contributed by atoms with Crippen LogP contribution in [-0.4, -0.2) is 76.8 Å². The third-order valence-corrected chi connectivity index (χ3v) is 3.45. The first-order chi connectivity index (χ1) is 11.0. The SMILES string of the molecule is NCCC(=O)N1CCOC[C@](O)(CNC(=O)c2cnccn2)C1. The van der Waals surface area contributed by atoms with E-state index in [2.05, 4.69) is 15.3 Å². The van der Waals surface area contributed by atoms with Crippen LogP contribution in [0.15, 0.2) is 18.6 Å². The van der Waals surface area contributed by atoms with E-state index in [-0.39, 0.29) is 44.3 Å². The Hall–Kier alpha value is -2.10. The van der Waals surface area contributed by atoms with Crippen molar-refractivity contribution in [3.63, 3.8) is 0 Å². The lowest BCUT2D eigenvalue weighted by atomic mass is 10.0. The molecule has 0 aliphatic carbocycles. The Morgan fingerprint density at radius 1 is 1.48 bits per heavy atom. The molecule has 9 heteroatoms. The average Bonchev–Trinajstić information content (AvgIpc) is 2.76. The summed E-state index contributed by atoms with van der Waals surface area (Å²) >= 11 is 0. The van der Waals surface area contributed by atoms with Crippen LogP contribution in [0.2, 0.25) is 0 Å². The van der Waals surface area contributed by atoms with Gasteiger partial charge in [-0.05, 0) is 0 Å². The van der Waals surface area contributed by atoms with Crippen LogP contribution < -0.4 is 11.1 Å². The van der Waals surface area contributed by atoms with Crippen LogP contribution in [0, 0.1) is 0 Å². The van der Waals surface area contributed by atoms with E-state index in [4.69, 9.17) is 10.5 Å². The molecule has 1 aliphatic heterocycles. The summed E-state index contributed by atoms with van der Waals surface area (Å²) in [5.41, 5.74) is 4.19. The van der Waals surface area contributed by atoms with Crippen molar-refractivity contribution in [1.82, 2.24) is 20.2 Å². The van der Waals surface area contributed by atoms with Crippen LogP contribution >= 0.6 is 0 Å². The maximum absolute atomic E-state index is 12.0. The summed E-state index contributed by atoms with van der Waals surface area (Å²) in [6.07, 6.45) is 4.41. The minimum absolute atomic E-state index is 0.0279. The number of nitrogens with zero attached hydrogens (tertiary/aromatic N) is 3. The third-order valence-electron chi connectivity index (χ3n) is 3.45. The summed E-state index contributed by atoms with van der Waals surface area (Å²) in [5.74, 6) is -0.590. The Morgan fingerprint density at radius 2 is 2.30 bits per heavy atom. The van der Waals surface area contributed by atoms with Gasteiger partial charge in [-0.3, -0.25) is 14.6 Å². The molecule has 1 fully saturated rings. The van der Waals surface area contributed by atoms with Gasteiger partial charge >= 0.3 is 0 Å².